The Hall–Kier alpha value is -3.53. The molecule has 0 unspecified atom stereocenters. The molecule has 0 spiro atoms. The minimum absolute atomic E-state index is 0.00189. The summed E-state index contributed by atoms with van der Waals surface area (Å²) in [6, 6.07) is 9.13. The third-order valence-corrected chi connectivity index (χ3v) is 8.99. The van der Waals surface area contributed by atoms with Gasteiger partial charge in [-0.15, -0.1) is 23.3 Å². The van der Waals surface area contributed by atoms with E-state index in [2.05, 4.69) is 74.2 Å². The Bertz CT molecular complexity index is 1750. The summed E-state index contributed by atoms with van der Waals surface area (Å²) in [7, 11) is 0. The van der Waals surface area contributed by atoms with Gasteiger partial charge in [0.15, 0.2) is 5.54 Å². The molecule has 42 heavy (non-hydrogen) atoms. The third kappa shape index (κ3) is 5.14. The molecule has 2 aromatic carbocycles. The fraction of sp³-hybridized carbons (Fsp3) is 0.333. The van der Waals surface area contributed by atoms with E-state index >= 15 is 0 Å². The summed E-state index contributed by atoms with van der Waals surface area (Å²) >= 11 is 5.17. The summed E-state index contributed by atoms with van der Waals surface area (Å²) in [6.07, 6.45) is 4.75. The van der Waals surface area contributed by atoms with Gasteiger partial charge in [-0.3, -0.25) is 9.99 Å². The van der Waals surface area contributed by atoms with Crippen LogP contribution >= 0.6 is 27.3 Å². The molecule has 2 aromatic heterocycles. The van der Waals surface area contributed by atoms with Crippen LogP contribution in [0.4, 0.5) is 24.5 Å². The number of alkyl halides is 3. The van der Waals surface area contributed by atoms with Gasteiger partial charge >= 0.3 is 6.18 Å². The maximum absolute atomic E-state index is 13.9. The molecule has 1 saturated carbocycles. The lowest BCUT2D eigenvalue weighted by atomic mass is 9.96. The van der Waals surface area contributed by atoms with E-state index in [9.17, 15) is 13.2 Å². The number of hydrogen-bond acceptors (Lipinski definition) is 8. The van der Waals surface area contributed by atoms with Crippen molar-refractivity contribution in [3.05, 3.63) is 69.5 Å². The zero-order valence-electron chi connectivity index (χ0n) is 23.2. The van der Waals surface area contributed by atoms with Crippen molar-refractivity contribution in [2.24, 2.45) is 5.41 Å². The maximum atomic E-state index is 13.9. The van der Waals surface area contributed by atoms with Crippen molar-refractivity contribution >= 4 is 59.8 Å². The minimum atomic E-state index is -4.37. The molecule has 4 N–H and O–H groups in total. The predicted octanol–water partition coefficient (Wildman–Crippen LogP) is 7.46. The van der Waals surface area contributed by atoms with E-state index < -0.39 is 17.8 Å². The Balaban J connectivity index is 1.45. The molecule has 0 saturated heterocycles. The van der Waals surface area contributed by atoms with Crippen LogP contribution in [0.3, 0.4) is 0 Å². The van der Waals surface area contributed by atoms with Crippen molar-refractivity contribution in [2.75, 3.05) is 17.2 Å². The molecule has 1 aliphatic heterocycles. The van der Waals surface area contributed by atoms with E-state index in [4.69, 9.17) is 6.42 Å². The van der Waals surface area contributed by atoms with Gasteiger partial charge < -0.3 is 16.1 Å². The fourth-order valence-corrected chi connectivity index (χ4v) is 6.50. The van der Waals surface area contributed by atoms with E-state index in [1.807, 2.05) is 30.3 Å². The Morgan fingerprint density at radius 2 is 2.00 bits per heavy atom. The molecule has 3 heterocycles. The molecule has 0 radical (unpaired) electrons. The number of rotatable bonds is 7. The second-order valence-electron chi connectivity index (χ2n) is 11.8. The lowest BCUT2D eigenvalue weighted by Gasteiger charge is -2.28. The van der Waals surface area contributed by atoms with Gasteiger partial charge in [-0.1, -0.05) is 38.8 Å². The number of benzene rings is 2. The summed E-state index contributed by atoms with van der Waals surface area (Å²) in [5.41, 5.74) is 10.8. The number of anilines is 2. The van der Waals surface area contributed by atoms with E-state index in [0.29, 0.717) is 17.8 Å². The standard InChI is InChI=1S/C30H29BrF3N7S/c1-5-17-13-35-25-20(24(17)36-15-28(2,3)4)11-18(12-21(25)31)38-26(19-7-6-8-22-27(19)42-16-37-22)23-14-41(40-39-23)29(9-10-29)30(32,33)34/h1,6-8,11-14,16,26,38-40H,9-10,15H2,2-4H3,(H,35,36)/t26-/m0/s1. The maximum Gasteiger partial charge on any atom is 0.413 e. The molecular formula is C30H29BrF3N7S. The summed E-state index contributed by atoms with van der Waals surface area (Å²) < 4.78 is 43.5. The minimum Gasteiger partial charge on any atom is -0.383 e. The SMILES string of the molecule is C#Cc1cnc2c(Br)cc(N[C@H](C3=CN(C4(C(F)(F)F)CC4)NN3)c3cccc4ncsc34)cc2c1NCC(C)(C)C. The number of aromatic nitrogens is 2. The number of nitrogens with one attached hydrogen (secondary N) is 4. The molecular weight excluding hydrogens is 627 g/mol. The monoisotopic (exact) mass is 655 g/mol. The van der Waals surface area contributed by atoms with Crippen LogP contribution in [0, 0.1) is 17.8 Å². The normalized spacial score (nSPS) is 17.1. The second-order valence-corrected chi connectivity index (χ2v) is 13.5. The smallest absolute Gasteiger partial charge is 0.383 e. The third-order valence-electron chi connectivity index (χ3n) is 7.50. The molecule has 1 aliphatic carbocycles. The molecule has 2 aliphatic rings. The average Bonchev–Trinajstić information content (AvgIpc) is 3.37. The van der Waals surface area contributed by atoms with E-state index in [1.165, 1.54) is 17.5 Å². The highest BCUT2D eigenvalue weighted by Crippen LogP contribution is 2.54. The van der Waals surface area contributed by atoms with Gasteiger partial charge in [-0.05, 0) is 57.9 Å². The largest absolute Gasteiger partial charge is 0.413 e. The van der Waals surface area contributed by atoms with Gasteiger partial charge in [-0.2, -0.15) is 13.2 Å². The summed E-state index contributed by atoms with van der Waals surface area (Å²) in [5.74, 6) is 2.74. The van der Waals surface area contributed by atoms with E-state index in [0.717, 1.165) is 47.5 Å². The molecule has 12 heteroatoms. The first-order valence-electron chi connectivity index (χ1n) is 13.4. The topological polar surface area (TPSA) is 77.1 Å². The Morgan fingerprint density at radius 1 is 1.21 bits per heavy atom. The highest BCUT2D eigenvalue weighted by molar-refractivity contribution is 9.10. The predicted molar refractivity (Wildman–Crippen MR) is 166 cm³/mol. The van der Waals surface area contributed by atoms with Crippen LogP contribution in [0.1, 0.15) is 50.8 Å². The van der Waals surface area contributed by atoms with Crippen LogP contribution in [-0.4, -0.2) is 33.2 Å². The number of thiazole rings is 1. The first-order chi connectivity index (χ1) is 19.9. The van der Waals surface area contributed by atoms with Crippen LogP contribution in [0.5, 0.6) is 0 Å². The van der Waals surface area contributed by atoms with E-state index in [1.54, 1.807) is 11.7 Å². The molecule has 0 bridgehead atoms. The Kier molecular flexibility index (Phi) is 7.03. The van der Waals surface area contributed by atoms with Gasteiger partial charge in [0.1, 0.15) is 0 Å². The second kappa shape index (κ2) is 10.3. The lowest BCUT2D eigenvalue weighted by Crippen LogP contribution is -2.52. The van der Waals surface area contributed by atoms with Crippen molar-refractivity contribution in [2.45, 2.75) is 51.4 Å². The molecule has 6 rings (SSSR count). The Morgan fingerprint density at radius 3 is 2.69 bits per heavy atom. The number of hydrogen-bond donors (Lipinski definition) is 4. The quantitative estimate of drug-likeness (QED) is 0.154. The van der Waals surface area contributed by atoms with Gasteiger partial charge in [-0.25, -0.2) is 4.98 Å². The number of halogens is 4. The highest BCUT2D eigenvalue weighted by atomic mass is 79.9. The van der Waals surface area contributed by atoms with Gasteiger partial charge in [0.2, 0.25) is 0 Å². The molecule has 0 amide bonds. The fourth-order valence-electron chi connectivity index (χ4n) is 5.11. The average molecular weight is 657 g/mol. The lowest BCUT2D eigenvalue weighted by molar-refractivity contribution is -0.195. The molecule has 4 aromatic rings. The van der Waals surface area contributed by atoms with Crippen molar-refractivity contribution in [1.82, 2.24) is 25.9 Å². The van der Waals surface area contributed by atoms with Crippen molar-refractivity contribution in [3.8, 4) is 12.3 Å². The number of fused-ring (bicyclic) bond motifs is 2. The van der Waals surface area contributed by atoms with Crippen molar-refractivity contribution < 1.29 is 13.2 Å². The van der Waals surface area contributed by atoms with Crippen LogP contribution in [0.25, 0.3) is 21.1 Å². The summed E-state index contributed by atoms with van der Waals surface area (Å²) in [5, 5.41) is 9.08. The van der Waals surface area contributed by atoms with Gasteiger partial charge in [0.25, 0.3) is 0 Å². The zero-order chi connectivity index (χ0) is 29.9. The van der Waals surface area contributed by atoms with Crippen LogP contribution in [-0.2, 0) is 0 Å². The van der Waals surface area contributed by atoms with E-state index in [-0.39, 0.29) is 18.3 Å². The van der Waals surface area contributed by atoms with Crippen LogP contribution < -0.4 is 21.6 Å². The molecule has 7 nitrogen and oxygen atoms in total. The summed E-state index contributed by atoms with van der Waals surface area (Å²) in [6.45, 7) is 7.09. The number of pyridine rings is 1. The first kappa shape index (κ1) is 28.6. The number of nitrogens with zero attached hydrogens (tertiary/aromatic N) is 3. The highest BCUT2D eigenvalue weighted by Gasteiger charge is 2.67. The molecule has 218 valence electrons. The molecule has 1 fully saturated rings. The Labute approximate surface area is 254 Å². The van der Waals surface area contributed by atoms with Crippen LogP contribution in [0.15, 0.2) is 58.4 Å². The number of terminal acetylenes is 1. The number of hydrazine groups is 2. The van der Waals surface area contributed by atoms with Crippen LogP contribution in [0.2, 0.25) is 0 Å². The van der Waals surface area contributed by atoms with Crippen molar-refractivity contribution in [3.63, 3.8) is 0 Å². The van der Waals surface area contributed by atoms with Gasteiger partial charge in [0.05, 0.1) is 44.2 Å². The summed E-state index contributed by atoms with van der Waals surface area (Å²) in [4.78, 5) is 9.05. The van der Waals surface area contributed by atoms with Gasteiger partial charge in [0, 0.05) is 34.5 Å². The first-order valence-corrected chi connectivity index (χ1v) is 15.1. The zero-order valence-corrected chi connectivity index (χ0v) is 25.6. The molecule has 1 atom stereocenters. The van der Waals surface area contributed by atoms with Crippen molar-refractivity contribution in [1.29, 1.82) is 0 Å².